The summed E-state index contributed by atoms with van der Waals surface area (Å²) in [6, 6.07) is 9.16. The molecule has 0 aliphatic rings. The largest absolute Gasteiger partial charge is 0.328 e. The van der Waals surface area contributed by atoms with Crippen molar-refractivity contribution in [1.82, 2.24) is 0 Å². The summed E-state index contributed by atoms with van der Waals surface area (Å²) in [6.07, 6.45) is 0. The third-order valence-electron chi connectivity index (χ3n) is 3.33. The van der Waals surface area contributed by atoms with Gasteiger partial charge in [-0.05, 0) is 19.1 Å². The lowest BCUT2D eigenvalue weighted by atomic mass is 10.1. The number of carbonyl (C=O) groups is 1. The van der Waals surface area contributed by atoms with Crippen LogP contribution in [-0.4, -0.2) is 31.3 Å². The van der Waals surface area contributed by atoms with Gasteiger partial charge < -0.3 is 8.85 Å². The Labute approximate surface area is 142 Å². The van der Waals surface area contributed by atoms with Crippen LogP contribution in [0.2, 0.25) is 0 Å². The Balaban J connectivity index is 2.69. The fourth-order valence-electron chi connectivity index (χ4n) is 2.26. The fourth-order valence-corrected chi connectivity index (χ4v) is 4.01. The van der Waals surface area contributed by atoms with E-state index in [1.54, 1.807) is 33.4 Å². The van der Waals surface area contributed by atoms with E-state index in [9.17, 15) is 17.8 Å². The Morgan fingerprint density at radius 2 is 1.86 bits per heavy atom. The zero-order valence-corrected chi connectivity index (χ0v) is 14.7. The summed E-state index contributed by atoms with van der Waals surface area (Å²) in [5.74, 6) is -0.0835. The minimum atomic E-state index is -4.33. The summed E-state index contributed by atoms with van der Waals surface area (Å²) in [6.45, 7) is 1.60. The molecule has 118 valence electrons. The van der Waals surface area contributed by atoms with Crippen LogP contribution in [0.4, 0.5) is 5.69 Å². The predicted molar refractivity (Wildman–Crippen MR) is 93.8 cm³/mol. The Kier molecular flexibility index (Phi) is 5.05. The van der Waals surface area contributed by atoms with Crippen molar-refractivity contribution in [2.75, 3.05) is 9.66 Å². The van der Waals surface area contributed by atoms with E-state index < -0.39 is 16.2 Å². The number of Topliss-reactive ketones (excluding diaryl/α,β-unsaturated/α-hetero) is 1. The molecule has 0 fully saturated rings. The van der Waals surface area contributed by atoms with Crippen LogP contribution in [0.5, 0.6) is 0 Å². The highest BCUT2D eigenvalue weighted by atomic mass is 127. The number of ketones is 1. The first-order chi connectivity index (χ1) is 10.3. The minimum Gasteiger partial charge on any atom is -0.328 e. The molecule has 0 radical (unpaired) electrons. The average molecular weight is 434 g/mol. The molecule has 8 heteroatoms. The van der Waals surface area contributed by atoms with Gasteiger partial charge in [-0.2, -0.15) is 8.42 Å². The maximum atomic E-state index is 11.7. The zero-order valence-electron chi connectivity index (χ0n) is 11.7. The van der Waals surface area contributed by atoms with E-state index in [1.807, 2.05) is 22.9 Å². The molecule has 0 amide bonds. The number of hydrogen-bond acceptors (Lipinski definition) is 5. The molecule has 0 aromatic heterocycles. The number of halogens is 1. The van der Waals surface area contributed by atoms with Crippen LogP contribution in [-0.2, 0) is 14.9 Å². The molecule has 2 aromatic rings. The van der Waals surface area contributed by atoms with Crippen LogP contribution in [0.1, 0.15) is 6.92 Å². The van der Waals surface area contributed by atoms with Gasteiger partial charge in [-0.15, -0.1) is 0 Å². The first-order valence-corrected chi connectivity index (χ1v) is 8.82. The number of anilines is 1. The molecule has 3 N–H and O–H groups in total. The second-order valence-corrected chi connectivity index (χ2v) is 7.21. The summed E-state index contributed by atoms with van der Waals surface area (Å²) in [4.78, 5) is 11.5. The van der Waals surface area contributed by atoms with Crippen LogP contribution >= 0.6 is 22.9 Å². The van der Waals surface area contributed by atoms with Gasteiger partial charge in [0, 0.05) is 17.3 Å². The number of carbonyl (C=O) groups excluding carboxylic acids is 1. The molecule has 0 heterocycles. The van der Waals surface area contributed by atoms with E-state index in [0.717, 1.165) is 0 Å². The van der Waals surface area contributed by atoms with E-state index in [2.05, 4.69) is 0 Å². The second kappa shape index (κ2) is 6.49. The molecular weight excluding hydrogens is 419 g/mol. The maximum absolute atomic E-state index is 11.7. The van der Waals surface area contributed by atoms with Crippen molar-refractivity contribution >= 4 is 55.2 Å². The van der Waals surface area contributed by atoms with Crippen molar-refractivity contribution in [3.63, 3.8) is 0 Å². The van der Waals surface area contributed by atoms with Gasteiger partial charge in [0.1, 0.15) is 10.9 Å². The number of fused-ring (bicyclic) bond motifs is 1. The third-order valence-corrected chi connectivity index (χ3v) is 5.44. The maximum Gasteiger partial charge on any atom is 0.295 e. The van der Waals surface area contributed by atoms with Gasteiger partial charge in [0.25, 0.3) is 10.1 Å². The van der Waals surface area contributed by atoms with Crippen LogP contribution in [0.3, 0.4) is 0 Å². The van der Waals surface area contributed by atoms with Crippen molar-refractivity contribution in [3.05, 3.63) is 36.4 Å². The van der Waals surface area contributed by atoms with Gasteiger partial charge in [-0.1, -0.05) is 24.3 Å². The highest BCUT2D eigenvalue weighted by molar-refractivity contribution is 14.1. The number of nitrogens with two attached hydrogens (primary N) is 1. The van der Waals surface area contributed by atoms with Crippen LogP contribution in [0.25, 0.3) is 10.8 Å². The standard InChI is InChI=1S/C14H15IN2O4S/c1-9(18)13(8-16)17(15)12-6-2-5-11-10(12)4-3-7-14(11)22(19,20)21/h2-7,13H,8,16H2,1H3,(H,19,20,21). The third kappa shape index (κ3) is 3.24. The van der Waals surface area contributed by atoms with Crippen molar-refractivity contribution < 1.29 is 17.8 Å². The number of nitrogens with zero attached hydrogens (tertiary/aromatic N) is 1. The van der Waals surface area contributed by atoms with E-state index in [4.69, 9.17) is 5.73 Å². The molecule has 0 aliphatic heterocycles. The summed E-state index contributed by atoms with van der Waals surface area (Å²) in [5.41, 5.74) is 6.31. The quantitative estimate of drug-likeness (QED) is 0.425. The van der Waals surface area contributed by atoms with Gasteiger partial charge in [-0.3, -0.25) is 9.35 Å². The van der Waals surface area contributed by atoms with Crippen LogP contribution in [0.15, 0.2) is 41.3 Å². The monoisotopic (exact) mass is 434 g/mol. The van der Waals surface area contributed by atoms with Gasteiger partial charge in [0.05, 0.1) is 28.6 Å². The summed E-state index contributed by atoms with van der Waals surface area (Å²) < 4.78 is 34.0. The average Bonchev–Trinajstić information content (AvgIpc) is 2.45. The molecule has 1 unspecified atom stereocenters. The van der Waals surface area contributed by atoms with Crippen molar-refractivity contribution in [1.29, 1.82) is 0 Å². The van der Waals surface area contributed by atoms with Crippen molar-refractivity contribution in [2.24, 2.45) is 5.73 Å². The number of hydrogen-bond donors (Lipinski definition) is 2. The molecular formula is C14H15IN2O4S. The van der Waals surface area contributed by atoms with Crippen molar-refractivity contribution in [2.45, 2.75) is 17.9 Å². The molecule has 0 spiro atoms. The minimum absolute atomic E-state index is 0.0835. The van der Waals surface area contributed by atoms with E-state index in [0.29, 0.717) is 16.5 Å². The Morgan fingerprint density at radius 3 is 2.41 bits per heavy atom. The molecule has 0 saturated heterocycles. The van der Waals surface area contributed by atoms with Gasteiger partial charge in [0.15, 0.2) is 5.78 Å². The number of rotatable bonds is 5. The first-order valence-electron chi connectivity index (χ1n) is 6.42. The molecule has 2 aromatic carbocycles. The molecule has 1 atom stereocenters. The Bertz CT molecular complexity index is 823. The van der Waals surface area contributed by atoms with E-state index >= 15 is 0 Å². The summed E-state index contributed by atoms with van der Waals surface area (Å²) >= 11 is 1.99. The SMILES string of the molecule is CC(=O)C(CN)N(I)c1cccc2c(S(=O)(=O)O)cccc12. The van der Waals surface area contributed by atoms with Crippen LogP contribution < -0.4 is 8.85 Å². The lowest BCUT2D eigenvalue weighted by Crippen LogP contribution is -2.39. The Morgan fingerprint density at radius 1 is 1.27 bits per heavy atom. The predicted octanol–water partition coefficient (Wildman–Crippen LogP) is 2.16. The molecule has 2 rings (SSSR count). The highest BCUT2D eigenvalue weighted by Gasteiger charge is 2.22. The summed E-state index contributed by atoms with van der Waals surface area (Å²) in [5, 5.41) is 1.01. The molecule has 0 bridgehead atoms. The Hall–Kier alpha value is -1.23. The van der Waals surface area contributed by atoms with Crippen molar-refractivity contribution in [3.8, 4) is 0 Å². The smallest absolute Gasteiger partial charge is 0.295 e. The lowest BCUT2D eigenvalue weighted by Gasteiger charge is -2.26. The van der Waals surface area contributed by atoms with E-state index in [-0.39, 0.29) is 17.2 Å². The lowest BCUT2D eigenvalue weighted by molar-refractivity contribution is -0.117. The van der Waals surface area contributed by atoms with Gasteiger partial charge in [-0.25, -0.2) is 0 Å². The molecule has 0 saturated carbocycles. The zero-order chi connectivity index (χ0) is 16.5. The van der Waals surface area contributed by atoms with Gasteiger partial charge in [0.2, 0.25) is 0 Å². The first kappa shape index (κ1) is 17.1. The fraction of sp³-hybridized carbons (Fsp3) is 0.214. The highest BCUT2D eigenvalue weighted by Crippen LogP contribution is 2.33. The van der Waals surface area contributed by atoms with Crippen LogP contribution in [0, 0.1) is 0 Å². The van der Waals surface area contributed by atoms with Gasteiger partial charge >= 0.3 is 0 Å². The molecule has 6 nitrogen and oxygen atoms in total. The molecule has 22 heavy (non-hydrogen) atoms. The normalized spacial score (nSPS) is 13.1. The number of benzene rings is 2. The molecule has 0 aliphatic carbocycles. The van der Waals surface area contributed by atoms with E-state index in [1.165, 1.54) is 13.0 Å². The topological polar surface area (TPSA) is 101 Å². The second-order valence-electron chi connectivity index (χ2n) is 4.78. The summed E-state index contributed by atoms with van der Waals surface area (Å²) in [7, 11) is -4.33.